The number of phosphoric acid groups is 2. The molecule has 103 heavy (non-hydrogen) atoms. The Bertz CT molecular complexity index is 1990. The molecule has 0 spiro atoms. The van der Waals surface area contributed by atoms with Crippen LogP contribution < -0.4 is 0 Å². The first-order valence-corrected chi connectivity index (χ1v) is 46.4. The van der Waals surface area contributed by atoms with E-state index in [1.54, 1.807) is 0 Å². The van der Waals surface area contributed by atoms with Gasteiger partial charge in [0.15, 0.2) is 12.2 Å². The Morgan fingerprint density at radius 2 is 0.495 bits per heavy atom. The highest BCUT2D eigenvalue weighted by molar-refractivity contribution is 7.47. The number of ether oxygens (including phenoxy) is 4. The molecule has 0 rings (SSSR count). The standard InChI is InChI=1S/C84H164O17P2/c1-8-10-11-12-13-14-15-16-17-18-19-20-27-32-37-46-53-60-67-83(88)100-79(71-94-81(86)65-58-51-44-36-31-26-22-21-24-29-34-41-48-55-62-75(3)4)73-98-102(90,91)96-69-78(85)70-97-103(92,93)99-74-80(72-95-82(87)66-59-52-45-40-39-43-50-57-64-77(7)9-2)101-84(89)68-61-54-47-38-33-28-23-25-30-35-42-49-56-63-76(5)6/h75-80,85H,8-74H2,1-7H3,(H,90,91)(H,92,93)/t77?,78-,79-,80-/m1/s1. The summed E-state index contributed by atoms with van der Waals surface area (Å²) in [6, 6.07) is 0. The molecule has 0 amide bonds. The molecule has 0 saturated carbocycles. The topological polar surface area (TPSA) is 237 Å². The second-order valence-corrected chi connectivity index (χ2v) is 34.3. The van der Waals surface area contributed by atoms with E-state index in [4.69, 9.17) is 37.0 Å². The van der Waals surface area contributed by atoms with Crippen molar-refractivity contribution in [1.82, 2.24) is 0 Å². The van der Waals surface area contributed by atoms with E-state index in [-0.39, 0.29) is 25.7 Å². The molecule has 0 heterocycles. The molecule has 0 radical (unpaired) electrons. The third-order valence-electron chi connectivity index (χ3n) is 20.0. The Balaban J connectivity index is 5.27. The minimum atomic E-state index is -4.96. The third kappa shape index (κ3) is 76.6. The monoisotopic (exact) mass is 1510 g/mol. The fourth-order valence-corrected chi connectivity index (χ4v) is 14.6. The molecule has 0 bridgehead atoms. The second kappa shape index (κ2) is 74.2. The SMILES string of the molecule is CCCCCCCCCCCCCCCCCCCCC(=O)O[C@H](COC(=O)CCCCCCCCCCCCCCCCC(C)C)COP(=O)(O)OC[C@@H](O)COP(=O)(O)OC[C@@H](COC(=O)CCCCCCCCCCC(C)CC)OC(=O)CCCCCCCCCCCCCCCC(C)C. The molecule has 0 aromatic rings. The summed E-state index contributed by atoms with van der Waals surface area (Å²) in [7, 11) is -9.93. The lowest BCUT2D eigenvalue weighted by Crippen LogP contribution is -2.30. The highest BCUT2D eigenvalue weighted by Gasteiger charge is 2.30. The summed E-state index contributed by atoms with van der Waals surface area (Å²) >= 11 is 0. The van der Waals surface area contributed by atoms with Gasteiger partial charge in [0.2, 0.25) is 0 Å². The van der Waals surface area contributed by atoms with Gasteiger partial charge in [-0.1, -0.05) is 389 Å². The van der Waals surface area contributed by atoms with Crippen LogP contribution in [0.5, 0.6) is 0 Å². The largest absolute Gasteiger partial charge is 0.472 e. The van der Waals surface area contributed by atoms with Crippen molar-refractivity contribution in [2.45, 2.75) is 458 Å². The van der Waals surface area contributed by atoms with Gasteiger partial charge in [0, 0.05) is 25.7 Å². The first kappa shape index (κ1) is 101. The van der Waals surface area contributed by atoms with Crippen molar-refractivity contribution in [3.05, 3.63) is 0 Å². The van der Waals surface area contributed by atoms with E-state index in [0.717, 1.165) is 108 Å². The van der Waals surface area contributed by atoms with Gasteiger partial charge in [0.1, 0.15) is 19.3 Å². The van der Waals surface area contributed by atoms with E-state index < -0.39 is 97.5 Å². The molecular weight excluding hydrogens is 1340 g/mol. The fraction of sp³-hybridized carbons (Fsp3) is 0.952. The van der Waals surface area contributed by atoms with Gasteiger partial charge >= 0.3 is 39.5 Å². The number of aliphatic hydroxyl groups is 1. The molecule has 17 nitrogen and oxygen atoms in total. The average molecular weight is 1510 g/mol. The summed E-state index contributed by atoms with van der Waals surface area (Å²) < 4.78 is 68.9. The Morgan fingerprint density at radius 3 is 0.738 bits per heavy atom. The van der Waals surface area contributed by atoms with E-state index in [0.29, 0.717) is 25.7 Å². The van der Waals surface area contributed by atoms with Crippen LogP contribution in [0, 0.1) is 17.8 Å². The number of rotatable bonds is 82. The summed E-state index contributed by atoms with van der Waals surface area (Å²) in [6.45, 7) is 12.0. The molecule has 3 unspecified atom stereocenters. The van der Waals surface area contributed by atoms with Crippen LogP contribution in [0.1, 0.15) is 440 Å². The van der Waals surface area contributed by atoms with Crippen molar-refractivity contribution < 1.29 is 80.2 Å². The van der Waals surface area contributed by atoms with Crippen LogP contribution in [0.4, 0.5) is 0 Å². The Hall–Kier alpha value is -1.94. The predicted octanol–water partition coefficient (Wildman–Crippen LogP) is 25.3. The summed E-state index contributed by atoms with van der Waals surface area (Å²) in [6.07, 6.45) is 63.7. The highest BCUT2D eigenvalue weighted by atomic mass is 31.2. The molecule has 0 aromatic heterocycles. The Labute approximate surface area is 632 Å². The minimum Gasteiger partial charge on any atom is -0.462 e. The molecule has 612 valence electrons. The molecule has 0 saturated heterocycles. The van der Waals surface area contributed by atoms with Crippen molar-refractivity contribution in [3.8, 4) is 0 Å². The quantitative estimate of drug-likeness (QED) is 0.0222. The number of aliphatic hydroxyl groups excluding tert-OH is 1. The highest BCUT2D eigenvalue weighted by Crippen LogP contribution is 2.45. The molecule has 6 atom stereocenters. The maximum absolute atomic E-state index is 13.1. The van der Waals surface area contributed by atoms with E-state index in [1.807, 2.05) is 0 Å². The van der Waals surface area contributed by atoms with Crippen LogP contribution in [0.2, 0.25) is 0 Å². The number of unbranched alkanes of at least 4 members (excludes halogenated alkanes) is 49. The fourth-order valence-electron chi connectivity index (χ4n) is 13.0. The third-order valence-corrected chi connectivity index (χ3v) is 21.9. The molecule has 0 fully saturated rings. The van der Waals surface area contributed by atoms with Crippen molar-refractivity contribution in [2.24, 2.45) is 17.8 Å². The second-order valence-electron chi connectivity index (χ2n) is 31.4. The number of hydrogen-bond donors (Lipinski definition) is 3. The van der Waals surface area contributed by atoms with Crippen LogP contribution in [-0.4, -0.2) is 96.7 Å². The van der Waals surface area contributed by atoms with Crippen LogP contribution in [-0.2, 0) is 65.4 Å². The molecule has 0 aromatic carbocycles. The molecule has 3 N–H and O–H groups in total. The van der Waals surface area contributed by atoms with Gasteiger partial charge in [-0.3, -0.25) is 37.3 Å². The van der Waals surface area contributed by atoms with Crippen LogP contribution in [0.3, 0.4) is 0 Å². The Morgan fingerprint density at radius 1 is 0.282 bits per heavy atom. The van der Waals surface area contributed by atoms with E-state index in [9.17, 15) is 43.2 Å². The molecule has 19 heteroatoms. The van der Waals surface area contributed by atoms with Crippen molar-refractivity contribution in [1.29, 1.82) is 0 Å². The van der Waals surface area contributed by atoms with Gasteiger partial charge in [0.05, 0.1) is 26.4 Å². The number of carbonyl (C=O) groups is 4. The van der Waals surface area contributed by atoms with Gasteiger partial charge in [0.25, 0.3) is 0 Å². The van der Waals surface area contributed by atoms with Crippen LogP contribution in [0.15, 0.2) is 0 Å². The predicted molar refractivity (Wildman–Crippen MR) is 423 cm³/mol. The summed E-state index contributed by atoms with van der Waals surface area (Å²) in [5.74, 6) is 0.257. The first-order chi connectivity index (χ1) is 49.8. The molecule has 0 aliphatic heterocycles. The smallest absolute Gasteiger partial charge is 0.462 e. The molecule has 0 aliphatic carbocycles. The average Bonchev–Trinajstić information content (AvgIpc) is 0.914. The summed E-state index contributed by atoms with van der Waals surface area (Å²) in [4.78, 5) is 73.2. The lowest BCUT2D eigenvalue weighted by Gasteiger charge is -2.21. The van der Waals surface area contributed by atoms with E-state index in [1.165, 1.54) is 250 Å². The maximum atomic E-state index is 13.1. The lowest BCUT2D eigenvalue weighted by atomic mass is 9.99. The van der Waals surface area contributed by atoms with Crippen molar-refractivity contribution >= 4 is 39.5 Å². The van der Waals surface area contributed by atoms with Crippen LogP contribution in [0.25, 0.3) is 0 Å². The molecular formula is C84H164O17P2. The van der Waals surface area contributed by atoms with Gasteiger partial charge < -0.3 is 33.8 Å². The minimum absolute atomic E-state index is 0.107. The maximum Gasteiger partial charge on any atom is 0.472 e. The molecule has 0 aliphatic rings. The first-order valence-electron chi connectivity index (χ1n) is 43.4. The number of carbonyl (C=O) groups excluding carboxylic acids is 4. The van der Waals surface area contributed by atoms with Crippen LogP contribution >= 0.6 is 15.6 Å². The zero-order chi connectivity index (χ0) is 75.8. The summed E-state index contributed by atoms with van der Waals surface area (Å²) in [5.41, 5.74) is 0. The normalized spacial score (nSPS) is 14.2. The van der Waals surface area contributed by atoms with E-state index in [2.05, 4.69) is 48.5 Å². The zero-order valence-corrected chi connectivity index (χ0v) is 69.6. The van der Waals surface area contributed by atoms with Crippen molar-refractivity contribution in [2.75, 3.05) is 39.6 Å². The number of esters is 4. The summed E-state index contributed by atoms with van der Waals surface area (Å²) in [5, 5.41) is 10.7. The Kier molecular flexibility index (Phi) is 72.8. The van der Waals surface area contributed by atoms with Gasteiger partial charge in [-0.05, 0) is 43.4 Å². The van der Waals surface area contributed by atoms with Gasteiger partial charge in [-0.2, -0.15) is 0 Å². The zero-order valence-electron chi connectivity index (χ0n) is 67.8. The van der Waals surface area contributed by atoms with Gasteiger partial charge in [-0.25, -0.2) is 9.13 Å². The van der Waals surface area contributed by atoms with Gasteiger partial charge in [-0.15, -0.1) is 0 Å². The van der Waals surface area contributed by atoms with E-state index >= 15 is 0 Å². The number of hydrogen-bond acceptors (Lipinski definition) is 15. The van der Waals surface area contributed by atoms with Crippen molar-refractivity contribution in [3.63, 3.8) is 0 Å². The lowest BCUT2D eigenvalue weighted by molar-refractivity contribution is -0.161. The number of phosphoric ester groups is 2.